The van der Waals surface area contributed by atoms with E-state index in [1.165, 1.54) is 6.07 Å². The molecule has 4 heteroatoms. The lowest BCUT2D eigenvalue weighted by atomic mass is 9.99. The lowest BCUT2D eigenvalue weighted by Gasteiger charge is -2.14. The molecule has 0 amide bonds. The molecule has 2 aromatic rings. The highest BCUT2D eigenvalue weighted by molar-refractivity contribution is 9.10. The molecule has 2 N–H and O–H groups in total. The van der Waals surface area contributed by atoms with E-state index in [9.17, 15) is 8.78 Å². The van der Waals surface area contributed by atoms with E-state index in [1.54, 1.807) is 0 Å². The van der Waals surface area contributed by atoms with E-state index in [0.29, 0.717) is 5.56 Å². The van der Waals surface area contributed by atoms with Gasteiger partial charge in [0.05, 0.1) is 10.5 Å². The van der Waals surface area contributed by atoms with Crippen LogP contribution in [0, 0.1) is 11.6 Å². The predicted octanol–water partition coefficient (Wildman–Crippen LogP) is 3.78. The molecule has 17 heavy (non-hydrogen) atoms. The van der Waals surface area contributed by atoms with Gasteiger partial charge in [0.1, 0.15) is 0 Å². The van der Waals surface area contributed by atoms with Crippen LogP contribution in [0.15, 0.2) is 46.9 Å². The zero-order valence-electron chi connectivity index (χ0n) is 8.83. The van der Waals surface area contributed by atoms with Crippen LogP contribution in [0.25, 0.3) is 0 Å². The van der Waals surface area contributed by atoms with Crippen molar-refractivity contribution in [2.45, 2.75) is 6.04 Å². The smallest absolute Gasteiger partial charge is 0.173 e. The molecule has 0 spiro atoms. The van der Waals surface area contributed by atoms with Crippen molar-refractivity contribution in [2.24, 2.45) is 5.73 Å². The molecule has 0 aliphatic rings. The molecule has 0 radical (unpaired) electrons. The first-order chi connectivity index (χ1) is 8.11. The van der Waals surface area contributed by atoms with Crippen LogP contribution in [-0.2, 0) is 0 Å². The minimum atomic E-state index is -0.908. The van der Waals surface area contributed by atoms with Gasteiger partial charge in [-0.15, -0.1) is 0 Å². The first-order valence-electron chi connectivity index (χ1n) is 5.05. The van der Waals surface area contributed by atoms with Crippen molar-refractivity contribution in [1.29, 1.82) is 0 Å². The number of nitrogens with two attached hydrogens (primary N) is 1. The Morgan fingerprint density at radius 3 is 2.29 bits per heavy atom. The summed E-state index contributed by atoms with van der Waals surface area (Å²) in [4.78, 5) is 0. The van der Waals surface area contributed by atoms with Crippen molar-refractivity contribution in [2.75, 3.05) is 0 Å². The molecule has 1 unspecified atom stereocenters. The zero-order chi connectivity index (χ0) is 12.4. The van der Waals surface area contributed by atoms with Crippen LogP contribution < -0.4 is 5.73 Å². The fraction of sp³-hybridized carbons (Fsp3) is 0.0769. The Labute approximate surface area is 106 Å². The standard InChI is InChI=1S/C13H10BrF2N/c14-11-9(6-7-10(15)12(11)16)13(17)8-4-2-1-3-5-8/h1-7,13H,17H2. The second-order valence-corrected chi connectivity index (χ2v) is 4.45. The van der Waals surface area contributed by atoms with Crippen LogP contribution >= 0.6 is 15.9 Å². The molecule has 0 aliphatic carbocycles. The van der Waals surface area contributed by atoms with Crippen LogP contribution in [0.4, 0.5) is 8.78 Å². The van der Waals surface area contributed by atoms with Gasteiger partial charge in [-0.25, -0.2) is 8.78 Å². The molecule has 0 bridgehead atoms. The number of halogens is 3. The van der Waals surface area contributed by atoms with Crippen molar-refractivity contribution < 1.29 is 8.78 Å². The maximum absolute atomic E-state index is 13.4. The van der Waals surface area contributed by atoms with Crippen LogP contribution in [0.2, 0.25) is 0 Å². The summed E-state index contributed by atoms with van der Waals surface area (Å²) in [5.41, 5.74) is 7.39. The molecule has 0 aromatic heterocycles. The Balaban J connectivity index is 2.45. The monoisotopic (exact) mass is 297 g/mol. The van der Waals surface area contributed by atoms with Gasteiger partial charge in [-0.1, -0.05) is 36.4 Å². The van der Waals surface area contributed by atoms with Crippen LogP contribution in [0.5, 0.6) is 0 Å². The molecule has 1 atom stereocenters. The Morgan fingerprint density at radius 1 is 1.00 bits per heavy atom. The van der Waals surface area contributed by atoms with E-state index in [2.05, 4.69) is 15.9 Å². The lowest BCUT2D eigenvalue weighted by molar-refractivity contribution is 0.501. The number of hydrogen-bond acceptors (Lipinski definition) is 1. The van der Waals surface area contributed by atoms with Gasteiger partial charge in [0, 0.05) is 0 Å². The van der Waals surface area contributed by atoms with E-state index in [0.717, 1.165) is 11.6 Å². The van der Waals surface area contributed by atoms with Crippen LogP contribution in [0.3, 0.4) is 0 Å². The summed E-state index contributed by atoms with van der Waals surface area (Å²) < 4.78 is 26.4. The third-order valence-corrected chi connectivity index (χ3v) is 3.36. The van der Waals surface area contributed by atoms with Crippen molar-refractivity contribution in [3.05, 3.63) is 69.7 Å². The minimum absolute atomic E-state index is 0.0776. The maximum atomic E-state index is 13.4. The Morgan fingerprint density at radius 2 is 1.65 bits per heavy atom. The molecule has 0 fully saturated rings. The average molecular weight is 298 g/mol. The van der Waals surface area contributed by atoms with E-state index in [4.69, 9.17) is 5.73 Å². The third-order valence-electron chi connectivity index (χ3n) is 2.56. The van der Waals surface area contributed by atoms with Gasteiger partial charge in [-0.2, -0.15) is 0 Å². The van der Waals surface area contributed by atoms with E-state index in [-0.39, 0.29) is 4.47 Å². The van der Waals surface area contributed by atoms with Crippen molar-refractivity contribution in [3.63, 3.8) is 0 Å². The average Bonchev–Trinajstić information content (AvgIpc) is 2.36. The van der Waals surface area contributed by atoms with Gasteiger partial charge >= 0.3 is 0 Å². The SMILES string of the molecule is NC(c1ccccc1)c1ccc(F)c(F)c1Br. The Kier molecular flexibility index (Phi) is 3.54. The molecule has 0 saturated heterocycles. The molecule has 0 aliphatic heterocycles. The van der Waals surface area contributed by atoms with Gasteiger partial charge < -0.3 is 5.73 Å². The fourth-order valence-corrected chi connectivity index (χ4v) is 2.19. The highest BCUT2D eigenvalue weighted by Gasteiger charge is 2.17. The summed E-state index contributed by atoms with van der Waals surface area (Å²) in [7, 11) is 0. The largest absolute Gasteiger partial charge is 0.320 e. The van der Waals surface area contributed by atoms with E-state index >= 15 is 0 Å². The molecule has 0 heterocycles. The van der Waals surface area contributed by atoms with Crippen LogP contribution in [-0.4, -0.2) is 0 Å². The summed E-state index contributed by atoms with van der Waals surface area (Å²) in [5.74, 6) is -1.80. The van der Waals surface area contributed by atoms with Crippen molar-refractivity contribution >= 4 is 15.9 Å². The maximum Gasteiger partial charge on any atom is 0.173 e. The first-order valence-corrected chi connectivity index (χ1v) is 5.84. The molecule has 0 saturated carbocycles. The number of hydrogen-bond donors (Lipinski definition) is 1. The molecule has 88 valence electrons. The van der Waals surface area contributed by atoms with E-state index in [1.807, 2.05) is 30.3 Å². The third kappa shape index (κ3) is 2.37. The highest BCUT2D eigenvalue weighted by atomic mass is 79.9. The van der Waals surface area contributed by atoms with Gasteiger partial charge in [0.15, 0.2) is 11.6 Å². The van der Waals surface area contributed by atoms with Gasteiger partial charge in [-0.3, -0.25) is 0 Å². The first kappa shape index (κ1) is 12.2. The molecular formula is C13H10BrF2N. The van der Waals surface area contributed by atoms with E-state index < -0.39 is 17.7 Å². The molecule has 1 nitrogen and oxygen atoms in total. The second kappa shape index (κ2) is 4.94. The summed E-state index contributed by atoms with van der Waals surface area (Å²) in [6.07, 6.45) is 0. The topological polar surface area (TPSA) is 26.0 Å². The minimum Gasteiger partial charge on any atom is -0.320 e. The lowest BCUT2D eigenvalue weighted by Crippen LogP contribution is -2.13. The number of benzene rings is 2. The summed E-state index contributed by atoms with van der Waals surface area (Å²) in [6, 6.07) is 11.3. The summed E-state index contributed by atoms with van der Waals surface area (Å²) in [5, 5.41) is 0. The predicted molar refractivity (Wildman–Crippen MR) is 66.5 cm³/mol. The van der Waals surface area contributed by atoms with Gasteiger partial charge in [-0.05, 0) is 33.1 Å². The zero-order valence-corrected chi connectivity index (χ0v) is 10.4. The molecule has 2 aromatic carbocycles. The van der Waals surface area contributed by atoms with Crippen molar-refractivity contribution in [1.82, 2.24) is 0 Å². The van der Waals surface area contributed by atoms with Gasteiger partial charge in [0.25, 0.3) is 0 Å². The fourth-order valence-electron chi connectivity index (χ4n) is 1.62. The summed E-state index contributed by atoms with van der Waals surface area (Å²) in [6.45, 7) is 0. The molecule has 2 rings (SSSR count). The Hall–Kier alpha value is -1.26. The Bertz CT molecular complexity index is 528. The number of rotatable bonds is 2. The quantitative estimate of drug-likeness (QED) is 0.839. The highest BCUT2D eigenvalue weighted by Crippen LogP contribution is 2.30. The molecular weight excluding hydrogens is 288 g/mol. The van der Waals surface area contributed by atoms with Gasteiger partial charge in [0.2, 0.25) is 0 Å². The normalized spacial score (nSPS) is 12.5. The summed E-state index contributed by atoms with van der Waals surface area (Å²) >= 11 is 3.03. The second-order valence-electron chi connectivity index (χ2n) is 3.65. The van der Waals surface area contributed by atoms with Crippen molar-refractivity contribution in [3.8, 4) is 0 Å². The van der Waals surface area contributed by atoms with Crippen LogP contribution in [0.1, 0.15) is 17.2 Å².